The molecule has 0 amide bonds. The Labute approximate surface area is 198 Å². The monoisotopic (exact) mass is 472 g/mol. The Kier molecular flexibility index (Phi) is 5.85. The van der Waals surface area contributed by atoms with Crippen LogP contribution in [0.15, 0.2) is 90.2 Å². The van der Waals surface area contributed by atoms with Crippen molar-refractivity contribution in [1.29, 1.82) is 0 Å². The second-order valence-electron chi connectivity index (χ2n) is 7.24. The van der Waals surface area contributed by atoms with Gasteiger partial charge in [0.05, 0.1) is 17.0 Å². The first-order valence-corrected chi connectivity index (χ1v) is 11.6. The van der Waals surface area contributed by atoms with Gasteiger partial charge in [-0.2, -0.15) is 0 Å². The van der Waals surface area contributed by atoms with Crippen molar-refractivity contribution >= 4 is 51.2 Å². The van der Waals surface area contributed by atoms with Gasteiger partial charge in [-0.1, -0.05) is 72.0 Å². The molecule has 8 heteroatoms. The maximum absolute atomic E-state index is 13.4. The van der Waals surface area contributed by atoms with E-state index in [0.29, 0.717) is 32.3 Å². The molecule has 0 radical (unpaired) electrons. The second kappa shape index (κ2) is 9.09. The lowest BCUT2D eigenvalue weighted by atomic mass is 10.0. The fourth-order valence-electron chi connectivity index (χ4n) is 3.56. The van der Waals surface area contributed by atoms with Gasteiger partial charge in [-0.25, -0.2) is 18.9 Å². The molecule has 162 valence electrons. The number of nitrogens with zero attached hydrogens (tertiary/aromatic N) is 4. The van der Waals surface area contributed by atoms with Crippen LogP contribution >= 0.6 is 23.7 Å². The lowest BCUT2D eigenvalue weighted by Crippen LogP contribution is -2.02. The lowest BCUT2D eigenvalue weighted by molar-refractivity contribution is 0.103. The van der Waals surface area contributed by atoms with Crippen LogP contribution < -0.4 is 0 Å². The van der Waals surface area contributed by atoms with Gasteiger partial charge in [0.1, 0.15) is 5.00 Å². The third-order valence-electron chi connectivity index (χ3n) is 5.13. The molecule has 0 unspecified atom stereocenters. The lowest BCUT2D eigenvalue weighted by Gasteiger charge is -2.07. The quantitative estimate of drug-likeness (QED) is 0.207. The van der Waals surface area contributed by atoms with Gasteiger partial charge >= 0.3 is 0 Å². The minimum absolute atomic E-state index is 0.00682. The predicted molar refractivity (Wildman–Crippen MR) is 132 cm³/mol. The average molecular weight is 473 g/mol. The van der Waals surface area contributed by atoms with Gasteiger partial charge in [0, 0.05) is 28.9 Å². The van der Waals surface area contributed by atoms with Crippen LogP contribution in [0, 0.1) is 6.92 Å². The van der Waals surface area contributed by atoms with Crippen LogP contribution in [0.5, 0.6) is 0 Å². The molecule has 0 aliphatic carbocycles. The Morgan fingerprint density at radius 3 is 2.30 bits per heavy atom. The highest BCUT2D eigenvalue weighted by Crippen LogP contribution is 2.33. The van der Waals surface area contributed by atoms with Crippen LogP contribution in [-0.2, 0) is 0 Å². The summed E-state index contributed by atoms with van der Waals surface area (Å²) < 4.78 is 14.6. The summed E-state index contributed by atoms with van der Waals surface area (Å²) >= 11 is 1.23. The Balaban J connectivity index is 1.59. The first kappa shape index (κ1) is 21.2. The normalized spacial score (nSPS) is 11.0. The first-order valence-electron chi connectivity index (χ1n) is 10.1. The number of rotatable bonds is 6. The van der Waals surface area contributed by atoms with Crippen molar-refractivity contribution in [2.24, 2.45) is 4.99 Å². The molecule has 2 aromatic carbocycles. The maximum Gasteiger partial charge on any atom is 0.223 e. The smallest absolute Gasteiger partial charge is 0.223 e. The number of aromatic nitrogens is 3. The standard InChI is InChI=1S/C25H17FN4OS2/c1-16-24(29-21(17-9-4-2-5-10-17)18-11-6-3-7-12-18)32-25(28-16)22(31)20-15-30(33-26)23-19(20)13-8-14-27-23/h2-15H,1H3. The number of thiazole rings is 1. The van der Waals surface area contributed by atoms with Gasteiger partial charge in [0.25, 0.3) is 0 Å². The van der Waals surface area contributed by atoms with Gasteiger partial charge in [-0.15, -0.1) is 3.89 Å². The largest absolute Gasteiger partial charge is 0.286 e. The Hall–Kier alpha value is -3.62. The van der Waals surface area contributed by atoms with Gasteiger partial charge in [-0.3, -0.25) is 4.79 Å². The van der Waals surface area contributed by atoms with E-state index in [0.717, 1.165) is 16.8 Å². The minimum Gasteiger partial charge on any atom is -0.286 e. The van der Waals surface area contributed by atoms with Crippen LogP contribution in [0.3, 0.4) is 0 Å². The number of aryl methyl sites for hydroxylation is 1. The van der Waals surface area contributed by atoms with Crippen LogP contribution in [0.1, 0.15) is 32.2 Å². The highest BCUT2D eigenvalue weighted by molar-refractivity contribution is 7.92. The maximum atomic E-state index is 13.4. The SMILES string of the molecule is Cc1nc(C(=O)c2cn(SF)c3ncccc23)sc1N=C(c1ccccc1)c1ccccc1. The zero-order chi connectivity index (χ0) is 22.8. The van der Waals surface area contributed by atoms with Crippen LogP contribution in [0.25, 0.3) is 11.0 Å². The van der Waals surface area contributed by atoms with E-state index in [1.807, 2.05) is 67.6 Å². The highest BCUT2D eigenvalue weighted by Gasteiger charge is 2.22. The van der Waals surface area contributed by atoms with Crippen molar-refractivity contribution in [2.75, 3.05) is 0 Å². The van der Waals surface area contributed by atoms with E-state index in [2.05, 4.69) is 9.97 Å². The molecule has 0 spiro atoms. The molecule has 5 aromatic rings. The zero-order valence-corrected chi connectivity index (χ0v) is 19.1. The van der Waals surface area contributed by atoms with Crippen molar-refractivity contribution in [3.8, 4) is 0 Å². The van der Waals surface area contributed by atoms with Crippen molar-refractivity contribution in [2.45, 2.75) is 6.92 Å². The molecule has 0 aliphatic heterocycles. The van der Waals surface area contributed by atoms with Gasteiger partial charge in [-0.05, 0) is 19.1 Å². The zero-order valence-electron chi connectivity index (χ0n) is 17.5. The number of ketones is 1. The number of hydrogen-bond acceptors (Lipinski definition) is 6. The topological polar surface area (TPSA) is 60.1 Å². The van der Waals surface area contributed by atoms with E-state index < -0.39 is 0 Å². The molecular weight excluding hydrogens is 455 g/mol. The third-order valence-corrected chi connectivity index (χ3v) is 6.60. The molecule has 0 bridgehead atoms. The minimum atomic E-state index is -0.281. The summed E-state index contributed by atoms with van der Waals surface area (Å²) in [6, 6.07) is 23.3. The number of hydrogen-bond donors (Lipinski definition) is 0. The number of halogens is 1. The van der Waals surface area contributed by atoms with Crippen LogP contribution in [-0.4, -0.2) is 25.4 Å². The third kappa shape index (κ3) is 4.10. The van der Waals surface area contributed by atoms with Crippen molar-refractivity contribution in [3.63, 3.8) is 0 Å². The molecule has 3 heterocycles. The summed E-state index contributed by atoms with van der Waals surface area (Å²) in [4.78, 5) is 26.9. The summed E-state index contributed by atoms with van der Waals surface area (Å²) in [5.74, 6) is -0.281. The van der Waals surface area contributed by atoms with E-state index >= 15 is 0 Å². The number of aliphatic imine (C=N–C) groups is 1. The molecule has 0 fully saturated rings. The van der Waals surface area contributed by atoms with E-state index in [1.54, 1.807) is 18.3 Å². The molecule has 33 heavy (non-hydrogen) atoms. The molecular formula is C25H17FN4OS2. The first-order chi connectivity index (χ1) is 16.2. The molecule has 0 saturated heterocycles. The van der Waals surface area contributed by atoms with Crippen LogP contribution in [0.2, 0.25) is 0 Å². The molecule has 5 rings (SSSR count). The molecule has 3 aromatic heterocycles. The summed E-state index contributed by atoms with van der Waals surface area (Å²) in [7, 11) is 0. The number of carbonyl (C=O) groups excluding carboxylic acids is 1. The molecule has 0 atom stereocenters. The Morgan fingerprint density at radius 1 is 1.00 bits per heavy atom. The van der Waals surface area contributed by atoms with E-state index in [-0.39, 0.29) is 18.1 Å². The summed E-state index contributed by atoms with van der Waals surface area (Å²) in [6.45, 7) is 1.84. The van der Waals surface area contributed by atoms with E-state index in [9.17, 15) is 8.68 Å². The van der Waals surface area contributed by atoms with Crippen molar-refractivity contribution in [3.05, 3.63) is 113 Å². The summed E-state index contributed by atoms with van der Waals surface area (Å²) in [6.07, 6.45) is 3.03. The molecule has 0 N–H and O–H groups in total. The average Bonchev–Trinajstić information content (AvgIpc) is 3.43. The number of pyridine rings is 1. The van der Waals surface area contributed by atoms with Gasteiger partial charge < -0.3 is 0 Å². The van der Waals surface area contributed by atoms with Crippen LogP contribution in [0.4, 0.5) is 8.89 Å². The fraction of sp³-hybridized carbons (Fsp3) is 0.0400. The molecule has 0 aliphatic rings. The highest BCUT2D eigenvalue weighted by atomic mass is 32.2. The van der Waals surface area contributed by atoms with E-state index in [1.165, 1.54) is 21.5 Å². The fourth-order valence-corrected chi connectivity index (χ4v) is 4.81. The van der Waals surface area contributed by atoms with Crippen molar-refractivity contribution < 1.29 is 8.68 Å². The predicted octanol–water partition coefficient (Wildman–Crippen LogP) is 6.58. The van der Waals surface area contributed by atoms with Gasteiger partial charge in [0.2, 0.25) is 5.78 Å². The Bertz CT molecular complexity index is 1440. The van der Waals surface area contributed by atoms with E-state index in [4.69, 9.17) is 4.99 Å². The summed E-state index contributed by atoms with van der Waals surface area (Å²) in [5, 5.41) is 1.54. The molecule has 5 nitrogen and oxygen atoms in total. The number of fused-ring (bicyclic) bond motifs is 1. The number of benzene rings is 2. The van der Waals surface area contributed by atoms with Gasteiger partial charge in [0.15, 0.2) is 23.0 Å². The number of carbonyl (C=O) groups is 1. The second-order valence-corrected chi connectivity index (χ2v) is 8.75. The Morgan fingerprint density at radius 2 is 1.67 bits per heavy atom. The molecule has 0 saturated carbocycles. The summed E-state index contributed by atoms with van der Waals surface area (Å²) in [5.41, 5.74) is 4.16. The van der Waals surface area contributed by atoms with Crippen molar-refractivity contribution in [1.82, 2.24) is 13.9 Å².